The van der Waals surface area contributed by atoms with Crippen LogP contribution in [0, 0.1) is 12.8 Å². The number of aromatic nitrogens is 6. The average Bonchev–Trinajstić information content (AvgIpc) is 3.15. The number of ether oxygens (including phenoxy) is 2. The Morgan fingerprint density at radius 1 is 1.11 bits per heavy atom. The molecule has 37 heavy (non-hydrogen) atoms. The maximum atomic E-state index is 6.13. The minimum atomic E-state index is 0.422. The molecular formula is C26H25N9O2. The third-order valence-electron chi connectivity index (χ3n) is 6.72. The van der Waals surface area contributed by atoms with Gasteiger partial charge in [0.15, 0.2) is 23.0 Å². The van der Waals surface area contributed by atoms with Gasteiger partial charge in [0.1, 0.15) is 29.7 Å². The van der Waals surface area contributed by atoms with E-state index in [-0.39, 0.29) is 0 Å². The van der Waals surface area contributed by atoms with Crippen molar-refractivity contribution >= 4 is 34.0 Å². The fourth-order valence-electron chi connectivity index (χ4n) is 4.85. The largest absolute Gasteiger partial charge is 0.489 e. The van der Waals surface area contributed by atoms with Gasteiger partial charge in [-0.2, -0.15) is 5.10 Å². The third kappa shape index (κ3) is 4.12. The topological polar surface area (TPSA) is 115 Å². The number of fused-ring (bicyclic) bond motifs is 6. The van der Waals surface area contributed by atoms with Crippen molar-refractivity contribution in [2.75, 3.05) is 43.0 Å². The smallest absolute Gasteiger partial charge is 0.172 e. The number of nitrogens with one attached hydrogen (secondary N) is 2. The van der Waals surface area contributed by atoms with Gasteiger partial charge in [-0.05, 0) is 36.8 Å². The highest BCUT2D eigenvalue weighted by atomic mass is 16.5. The van der Waals surface area contributed by atoms with E-state index in [0.29, 0.717) is 29.6 Å². The summed E-state index contributed by atoms with van der Waals surface area (Å²) in [7, 11) is 0. The first-order chi connectivity index (χ1) is 18.2. The van der Waals surface area contributed by atoms with Crippen LogP contribution in [0.3, 0.4) is 0 Å². The molecule has 2 bridgehead atoms. The van der Waals surface area contributed by atoms with Gasteiger partial charge in [0.2, 0.25) is 0 Å². The summed E-state index contributed by atoms with van der Waals surface area (Å²) in [4.78, 5) is 20.5. The molecule has 0 amide bonds. The van der Waals surface area contributed by atoms with E-state index in [9.17, 15) is 0 Å². The predicted octanol–water partition coefficient (Wildman–Crippen LogP) is 3.33. The van der Waals surface area contributed by atoms with Crippen LogP contribution in [0.1, 0.15) is 5.56 Å². The molecule has 1 saturated heterocycles. The number of rotatable bonds is 4. The van der Waals surface area contributed by atoms with Crippen LogP contribution in [0.5, 0.6) is 17.2 Å². The molecule has 5 aromatic rings. The second-order valence-electron chi connectivity index (χ2n) is 9.36. The highest BCUT2D eigenvalue weighted by Crippen LogP contribution is 2.35. The molecule has 0 radical (unpaired) electrons. The van der Waals surface area contributed by atoms with Crippen molar-refractivity contribution in [3.8, 4) is 17.2 Å². The fourth-order valence-corrected chi connectivity index (χ4v) is 4.85. The first kappa shape index (κ1) is 21.7. The second kappa shape index (κ2) is 8.86. The molecule has 11 heteroatoms. The van der Waals surface area contributed by atoms with Gasteiger partial charge in [-0.25, -0.2) is 24.5 Å². The average molecular weight is 496 g/mol. The van der Waals surface area contributed by atoms with Crippen molar-refractivity contribution in [2.24, 2.45) is 5.92 Å². The van der Waals surface area contributed by atoms with Gasteiger partial charge in [-0.15, -0.1) is 0 Å². The molecule has 6 heterocycles. The SMILES string of the molecule is Cc1cc(Nc2ncnc3cc4c(nc23)N2CCNCC(CO4)C2)ccc1Oc1ccn2ncnc2c1. The Hall–Kier alpha value is -4.51. The first-order valence-electron chi connectivity index (χ1n) is 12.3. The second-order valence-corrected chi connectivity index (χ2v) is 9.36. The van der Waals surface area contributed by atoms with Crippen LogP contribution >= 0.6 is 0 Å². The molecule has 11 nitrogen and oxygen atoms in total. The molecule has 7 rings (SSSR count). The molecular weight excluding hydrogens is 470 g/mol. The maximum absolute atomic E-state index is 6.13. The summed E-state index contributed by atoms with van der Waals surface area (Å²) < 4.78 is 13.9. The lowest BCUT2D eigenvalue weighted by Crippen LogP contribution is -2.30. The summed E-state index contributed by atoms with van der Waals surface area (Å²) in [6.45, 7) is 6.34. The lowest BCUT2D eigenvalue weighted by atomic mass is 10.1. The molecule has 1 fully saturated rings. The van der Waals surface area contributed by atoms with Crippen LogP contribution in [0.4, 0.5) is 17.3 Å². The summed E-state index contributed by atoms with van der Waals surface area (Å²) in [6, 6.07) is 11.6. The van der Waals surface area contributed by atoms with E-state index in [1.54, 1.807) is 10.8 Å². The number of nitrogens with zero attached hydrogens (tertiary/aromatic N) is 7. The van der Waals surface area contributed by atoms with E-state index in [2.05, 4.69) is 35.6 Å². The van der Waals surface area contributed by atoms with E-state index in [1.807, 2.05) is 49.5 Å². The van der Waals surface area contributed by atoms with E-state index in [0.717, 1.165) is 65.9 Å². The number of pyridine rings is 2. The Bertz CT molecular complexity index is 1620. The molecule has 186 valence electrons. The molecule has 2 N–H and O–H groups in total. The molecule has 0 spiro atoms. The fraction of sp³-hybridized carbons (Fsp3) is 0.269. The number of hydrogen-bond donors (Lipinski definition) is 2. The summed E-state index contributed by atoms with van der Waals surface area (Å²) >= 11 is 0. The summed E-state index contributed by atoms with van der Waals surface area (Å²) in [6.07, 6.45) is 4.89. The molecule has 2 aliphatic rings. The Kier molecular flexibility index (Phi) is 5.21. The van der Waals surface area contributed by atoms with Crippen molar-refractivity contribution in [1.82, 2.24) is 34.9 Å². The van der Waals surface area contributed by atoms with Gasteiger partial charge < -0.3 is 25.0 Å². The van der Waals surface area contributed by atoms with Crippen LogP contribution in [-0.2, 0) is 0 Å². The molecule has 1 unspecified atom stereocenters. The number of anilines is 3. The van der Waals surface area contributed by atoms with Crippen LogP contribution in [0.2, 0.25) is 0 Å². The van der Waals surface area contributed by atoms with Gasteiger partial charge in [-0.3, -0.25) is 0 Å². The number of benzene rings is 1. The highest BCUT2D eigenvalue weighted by Gasteiger charge is 2.27. The lowest BCUT2D eigenvalue weighted by Gasteiger charge is -2.22. The summed E-state index contributed by atoms with van der Waals surface area (Å²) in [5.74, 6) is 4.15. The summed E-state index contributed by atoms with van der Waals surface area (Å²) in [5, 5.41) is 11.0. The van der Waals surface area contributed by atoms with Gasteiger partial charge >= 0.3 is 0 Å². The normalized spacial score (nSPS) is 17.1. The zero-order valence-electron chi connectivity index (χ0n) is 20.3. The summed E-state index contributed by atoms with van der Waals surface area (Å²) in [5.41, 5.74) is 4.03. The molecule has 0 saturated carbocycles. The van der Waals surface area contributed by atoms with Crippen LogP contribution < -0.4 is 25.0 Å². The minimum Gasteiger partial charge on any atom is -0.489 e. The Labute approximate surface area is 212 Å². The Balaban J connectivity index is 1.18. The zero-order chi connectivity index (χ0) is 24.8. The van der Waals surface area contributed by atoms with Crippen LogP contribution in [0.15, 0.2) is 55.2 Å². The lowest BCUT2D eigenvalue weighted by molar-refractivity contribution is 0.261. The molecule has 2 aliphatic heterocycles. The maximum Gasteiger partial charge on any atom is 0.172 e. The molecule has 4 aromatic heterocycles. The number of aryl methyl sites for hydroxylation is 1. The molecule has 1 atom stereocenters. The van der Waals surface area contributed by atoms with Gasteiger partial charge in [0, 0.05) is 56.1 Å². The first-order valence-corrected chi connectivity index (χ1v) is 12.3. The van der Waals surface area contributed by atoms with Crippen molar-refractivity contribution in [3.63, 3.8) is 0 Å². The molecule has 1 aromatic carbocycles. The van der Waals surface area contributed by atoms with E-state index in [1.165, 1.54) is 6.33 Å². The monoisotopic (exact) mass is 495 g/mol. The van der Waals surface area contributed by atoms with E-state index >= 15 is 0 Å². The molecule has 0 aliphatic carbocycles. The standard InChI is InChI=1S/C26H25N9O2/c1-16-8-18(2-3-21(16)37-19-4-6-35-23(9-19)29-15-31-35)32-25-24-20(28-14-30-25)10-22-26(33-24)34-7-5-27-11-17(12-34)13-36-22/h2-4,6,8-10,14-15,17,27H,5,7,11-13H2,1H3,(H,28,30,32). The zero-order valence-corrected chi connectivity index (χ0v) is 20.3. The van der Waals surface area contributed by atoms with E-state index < -0.39 is 0 Å². The minimum absolute atomic E-state index is 0.422. The van der Waals surface area contributed by atoms with Crippen molar-refractivity contribution in [1.29, 1.82) is 0 Å². The van der Waals surface area contributed by atoms with Crippen molar-refractivity contribution in [2.45, 2.75) is 6.92 Å². The number of hydrogen-bond acceptors (Lipinski definition) is 10. The van der Waals surface area contributed by atoms with Gasteiger partial charge in [0.25, 0.3) is 0 Å². The van der Waals surface area contributed by atoms with Crippen LogP contribution in [-0.4, -0.2) is 62.3 Å². The van der Waals surface area contributed by atoms with E-state index in [4.69, 9.17) is 14.5 Å². The Morgan fingerprint density at radius 3 is 3.03 bits per heavy atom. The van der Waals surface area contributed by atoms with Crippen molar-refractivity contribution < 1.29 is 9.47 Å². The van der Waals surface area contributed by atoms with Gasteiger partial charge in [0.05, 0.1) is 12.1 Å². The predicted molar refractivity (Wildman–Crippen MR) is 139 cm³/mol. The van der Waals surface area contributed by atoms with Gasteiger partial charge in [-0.1, -0.05) is 0 Å². The highest BCUT2D eigenvalue weighted by molar-refractivity contribution is 5.90. The Morgan fingerprint density at radius 2 is 2.08 bits per heavy atom. The van der Waals surface area contributed by atoms with Crippen LogP contribution in [0.25, 0.3) is 16.7 Å². The van der Waals surface area contributed by atoms with Crippen molar-refractivity contribution in [3.05, 3.63) is 60.8 Å². The quantitative estimate of drug-likeness (QED) is 0.385. The third-order valence-corrected chi connectivity index (χ3v) is 6.72.